The number of amides is 3. The summed E-state index contributed by atoms with van der Waals surface area (Å²) in [5.41, 5.74) is 0.748. The van der Waals surface area contributed by atoms with E-state index >= 15 is 0 Å². The van der Waals surface area contributed by atoms with Crippen LogP contribution in [0.5, 0.6) is 0 Å². The second-order valence-electron chi connectivity index (χ2n) is 5.01. The fourth-order valence-corrected chi connectivity index (χ4v) is 3.39. The van der Waals surface area contributed by atoms with Gasteiger partial charge in [0.15, 0.2) is 5.16 Å². The lowest BCUT2D eigenvalue weighted by molar-refractivity contribution is -0.126. The number of nitrogens with one attached hydrogen (secondary N) is 1. The quantitative estimate of drug-likeness (QED) is 0.868. The molecule has 1 aromatic carbocycles. The number of carbonyl (C=O) groups excluding carboxylic acids is 2. The number of imide groups is 1. The Labute approximate surface area is 134 Å². The second kappa shape index (κ2) is 6.15. The van der Waals surface area contributed by atoms with Crippen molar-refractivity contribution in [2.45, 2.75) is 23.9 Å². The Morgan fingerprint density at radius 1 is 1.39 bits per heavy atom. The number of hydrogen-bond donors (Lipinski definition) is 1. The molecule has 1 atom stereocenters. The topological polar surface area (TPSA) is 67.2 Å². The molecule has 2 aromatic rings. The Morgan fingerprint density at radius 3 is 2.78 bits per heavy atom. The van der Waals surface area contributed by atoms with Crippen molar-refractivity contribution in [2.75, 3.05) is 13.1 Å². The molecule has 1 N–H and O–H groups in total. The fourth-order valence-electron chi connectivity index (χ4n) is 2.40. The molecule has 0 unspecified atom stereocenters. The van der Waals surface area contributed by atoms with Gasteiger partial charge in [-0.1, -0.05) is 23.9 Å². The van der Waals surface area contributed by atoms with Crippen LogP contribution >= 0.6 is 11.8 Å². The predicted octanol–water partition coefficient (Wildman–Crippen LogP) is 2.46. The lowest BCUT2D eigenvalue weighted by Gasteiger charge is -2.17. The summed E-state index contributed by atoms with van der Waals surface area (Å²) in [6.07, 6.45) is 0. The number of fused-ring (bicyclic) bond motifs is 1. The number of aromatic nitrogens is 2. The molecule has 9 heteroatoms. The Morgan fingerprint density at radius 2 is 2.13 bits per heavy atom. The monoisotopic (exact) mass is 340 g/mol. The second-order valence-corrected chi connectivity index (χ2v) is 6.32. The van der Waals surface area contributed by atoms with Crippen LogP contribution in [-0.2, 0) is 4.79 Å². The lowest BCUT2D eigenvalue weighted by atomic mass is 10.3. The maximum absolute atomic E-state index is 13.4. The number of thioether (sulfide) groups is 1. The van der Waals surface area contributed by atoms with Gasteiger partial charge in [-0.05, 0) is 19.1 Å². The number of rotatable bonds is 4. The van der Waals surface area contributed by atoms with Gasteiger partial charge < -0.3 is 5.32 Å². The lowest BCUT2D eigenvalue weighted by Crippen LogP contribution is -2.39. The highest BCUT2D eigenvalue weighted by molar-refractivity contribution is 8.00. The first kappa shape index (κ1) is 15.7. The van der Waals surface area contributed by atoms with Crippen LogP contribution in [0.25, 0.3) is 11.0 Å². The number of alkyl halides is 2. The van der Waals surface area contributed by atoms with Gasteiger partial charge in [-0.15, -0.1) is 0 Å². The van der Waals surface area contributed by atoms with Gasteiger partial charge in [0.25, 0.3) is 0 Å². The first-order chi connectivity index (χ1) is 11.0. The average molecular weight is 340 g/mol. The van der Waals surface area contributed by atoms with Crippen molar-refractivity contribution in [3.05, 3.63) is 24.3 Å². The molecule has 6 nitrogen and oxygen atoms in total. The van der Waals surface area contributed by atoms with Gasteiger partial charge in [-0.3, -0.25) is 14.3 Å². The minimum Gasteiger partial charge on any atom is -0.336 e. The fraction of sp³-hybridized carbons (Fsp3) is 0.357. The summed E-state index contributed by atoms with van der Waals surface area (Å²) < 4.78 is 27.5. The summed E-state index contributed by atoms with van der Waals surface area (Å²) in [4.78, 5) is 29.1. The maximum atomic E-state index is 13.4. The first-order valence-electron chi connectivity index (χ1n) is 7.00. The van der Waals surface area contributed by atoms with Crippen LogP contribution in [-0.4, -0.2) is 44.7 Å². The standard InChI is InChI=1S/C14H14F2N4O2S/c1-8(11(21)19-7-6-17-13(19)22)23-14-18-9-4-2-3-5-10(9)20(14)12(15)16/h2-5,8,12H,6-7H2,1H3,(H,17,22)/t8-/m0/s1. The van der Waals surface area contributed by atoms with Crippen molar-refractivity contribution in [1.82, 2.24) is 19.8 Å². The van der Waals surface area contributed by atoms with Gasteiger partial charge in [0, 0.05) is 13.1 Å². The van der Waals surface area contributed by atoms with Crippen LogP contribution in [0.15, 0.2) is 29.4 Å². The molecule has 2 heterocycles. The molecule has 0 aliphatic carbocycles. The van der Waals surface area contributed by atoms with Gasteiger partial charge in [0.1, 0.15) is 0 Å². The van der Waals surface area contributed by atoms with Crippen LogP contribution in [0.3, 0.4) is 0 Å². The summed E-state index contributed by atoms with van der Waals surface area (Å²) in [5.74, 6) is -0.419. The van der Waals surface area contributed by atoms with Gasteiger partial charge in [0.2, 0.25) is 5.91 Å². The van der Waals surface area contributed by atoms with E-state index in [1.165, 1.54) is 0 Å². The molecule has 0 saturated carbocycles. The summed E-state index contributed by atoms with van der Waals surface area (Å²) in [6, 6.07) is 6.10. The molecule has 1 saturated heterocycles. The Balaban J connectivity index is 1.87. The van der Waals surface area contributed by atoms with Crippen LogP contribution in [0.1, 0.15) is 13.5 Å². The zero-order valence-corrected chi connectivity index (χ0v) is 13.0. The molecule has 1 aromatic heterocycles. The minimum absolute atomic E-state index is 0.0571. The summed E-state index contributed by atoms with van der Waals surface area (Å²) in [5, 5.41) is 1.89. The molecule has 0 bridgehead atoms. The van der Waals surface area contributed by atoms with E-state index in [-0.39, 0.29) is 11.7 Å². The van der Waals surface area contributed by atoms with E-state index in [0.717, 1.165) is 21.2 Å². The van der Waals surface area contributed by atoms with E-state index in [9.17, 15) is 18.4 Å². The van der Waals surface area contributed by atoms with E-state index < -0.39 is 23.7 Å². The normalized spacial score (nSPS) is 16.2. The highest BCUT2D eigenvalue weighted by Crippen LogP contribution is 2.32. The molecule has 1 aliphatic heterocycles. The van der Waals surface area contributed by atoms with Crippen molar-refractivity contribution in [3.63, 3.8) is 0 Å². The molecule has 0 radical (unpaired) electrons. The van der Waals surface area contributed by atoms with Gasteiger partial charge in [-0.2, -0.15) is 8.78 Å². The van der Waals surface area contributed by atoms with Crippen molar-refractivity contribution in [3.8, 4) is 0 Å². The van der Waals surface area contributed by atoms with Crippen LogP contribution in [0.2, 0.25) is 0 Å². The van der Waals surface area contributed by atoms with Gasteiger partial charge in [0.05, 0.1) is 16.3 Å². The Kier molecular flexibility index (Phi) is 4.20. The molecule has 3 amide bonds. The number of para-hydroxylation sites is 2. The van der Waals surface area contributed by atoms with Crippen LogP contribution in [0.4, 0.5) is 13.6 Å². The number of carbonyl (C=O) groups is 2. The van der Waals surface area contributed by atoms with E-state index in [0.29, 0.717) is 17.6 Å². The van der Waals surface area contributed by atoms with Crippen molar-refractivity contribution < 1.29 is 18.4 Å². The van der Waals surface area contributed by atoms with E-state index in [1.807, 2.05) is 0 Å². The Bertz CT molecular complexity index is 764. The van der Waals surface area contributed by atoms with Gasteiger partial charge in [-0.25, -0.2) is 9.78 Å². The summed E-state index contributed by atoms with van der Waals surface area (Å²) in [7, 11) is 0. The predicted molar refractivity (Wildman–Crippen MR) is 81.4 cm³/mol. The number of nitrogens with zero attached hydrogens (tertiary/aromatic N) is 3. The summed E-state index contributed by atoms with van der Waals surface area (Å²) in [6.45, 7) is -0.499. The van der Waals surface area contributed by atoms with Gasteiger partial charge >= 0.3 is 12.6 Å². The zero-order chi connectivity index (χ0) is 16.6. The average Bonchev–Trinajstić information content (AvgIpc) is 3.09. The highest BCUT2D eigenvalue weighted by atomic mass is 32.2. The first-order valence-corrected chi connectivity index (χ1v) is 7.88. The van der Waals surface area contributed by atoms with E-state index in [4.69, 9.17) is 0 Å². The van der Waals surface area contributed by atoms with Crippen molar-refractivity contribution in [2.24, 2.45) is 0 Å². The van der Waals surface area contributed by atoms with E-state index in [1.54, 1.807) is 31.2 Å². The minimum atomic E-state index is -2.76. The SMILES string of the molecule is C[C@H](Sc1nc2ccccc2n1C(F)F)C(=O)N1CCNC1=O. The zero-order valence-electron chi connectivity index (χ0n) is 12.2. The van der Waals surface area contributed by atoms with Crippen LogP contribution < -0.4 is 5.32 Å². The molecule has 1 aliphatic rings. The molecule has 0 spiro atoms. The van der Waals surface area contributed by atoms with Crippen LogP contribution in [0, 0.1) is 0 Å². The number of halogens is 2. The molecule has 3 rings (SSSR count). The third-order valence-electron chi connectivity index (χ3n) is 3.51. The molecule has 122 valence electrons. The molecule has 1 fully saturated rings. The van der Waals surface area contributed by atoms with E-state index in [2.05, 4.69) is 10.3 Å². The number of benzene rings is 1. The number of imidazole rings is 1. The molecular formula is C14H14F2N4O2S. The highest BCUT2D eigenvalue weighted by Gasteiger charge is 2.31. The third-order valence-corrected chi connectivity index (χ3v) is 4.57. The van der Waals surface area contributed by atoms with Crippen molar-refractivity contribution >= 4 is 34.7 Å². The smallest absolute Gasteiger partial charge is 0.324 e. The third kappa shape index (κ3) is 2.88. The Hall–Kier alpha value is -2.16. The summed E-state index contributed by atoms with van der Waals surface area (Å²) >= 11 is 0.922. The molecule has 23 heavy (non-hydrogen) atoms. The maximum Gasteiger partial charge on any atom is 0.324 e. The largest absolute Gasteiger partial charge is 0.336 e. The number of hydrogen-bond acceptors (Lipinski definition) is 4. The molecular weight excluding hydrogens is 326 g/mol. The number of urea groups is 1. The van der Waals surface area contributed by atoms with Crippen molar-refractivity contribution in [1.29, 1.82) is 0 Å².